The summed E-state index contributed by atoms with van der Waals surface area (Å²) in [5.74, 6) is 1.25. The van der Waals surface area contributed by atoms with Gasteiger partial charge < -0.3 is 8.98 Å². The van der Waals surface area contributed by atoms with Crippen LogP contribution in [0.3, 0.4) is 0 Å². The highest BCUT2D eigenvalue weighted by atomic mass is 16.3. The molecule has 0 amide bonds. The number of hydrogen-bond donors (Lipinski definition) is 0. The third kappa shape index (κ3) is 4.99. The van der Waals surface area contributed by atoms with E-state index in [0.29, 0.717) is 11.9 Å². The highest BCUT2D eigenvalue weighted by Crippen LogP contribution is 2.47. The largest absolute Gasteiger partial charge is 0.455 e. The van der Waals surface area contributed by atoms with Crippen LogP contribution in [0.4, 0.5) is 0 Å². The molecule has 1 saturated carbocycles. The number of fused-ring (bicyclic) bond motifs is 11. The Kier molecular flexibility index (Phi) is 7.13. The molecule has 13 rings (SSSR count). The summed E-state index contributed by atoms with van der Waals surface area (Å²) in [6.07, 6.45) is 3.39. The van der Waals surface area contributed by atoms with Crippen molar-refractivity contribution in [2.24, 2.45) is 21.8 Å². The molecule has 0 radical (unpaired) electrons. The molecule has 60 heavy (non-hydrogen) atoms. The van der Waals surface area contributed by atoms with E-state index in [2.05, 4.69) is 191 Å². The van der Waals surface area contributed by atoms with E-state index in [1.807, 2.05) is 12.1 Å². The van der Waals surface area contributed by atoms with Gasteiger partial charge in [-0.25, -0.2) is 9.98 Å². The molecule has 4 heterocycles. The van der Waals surface area contributed by atoms with E-state index in [4.69, 9.17) is 14.4 Å². The van der Waals surface area contributed by atoms with Crippen LogP contribution >= 0.6 is 0 Å². The van der Waals surface area contributed by atoms with Crippen LogP contribution in [-0.2, 0) is 0 Å². The smallest absolute Gasteiger partial charge is 0.235 e. The molecule has 5 heteroatoms. The Labute approximate surface area is 345 Å². The van der Waals surface area contributed by atoms with Crippen molar-refractivity contribution in [1.82, 2.24) is 9.13 Å². The first kappa shape index (κ1) is 33.2. The minimum absolute atomic E-state index is 0.284. The maximum Gasteiger partial charge on any atom is 0.235 e. The van der Waals surface area contributed by atoms with E-state index in [1.54, 1.807) is 0 Å². The third-order valence-corrected chi connectivity index (χ3v) is 12.6. The monoisotopic (exact) mass is 768 g/mol. The lowest BCUT2D eigenvalue weighted by Crippen LogP contribution is -2.16. The van der Waals surface area contributed by atoms with Gasteiger partial charge in [0.25, 0.3) is 0 Å². The number of hydrogen-bond acceptors (Lipinski definition) is 3. The van der Waals surface area contributed by atoms with Gasteiger partial charge in [0.1, 0.15) is 11.2 Å². The van der Waals surface area contributed by atoms with Gasteiger partial charge in [-0.15, -0.1) is 0 Å². The van der Waals surface area contributed by atoms with Gasteiger partial charge in [0.15, 0.2) is 0 Å². The Morgan fingerprint density at radius 3 is 1.83 bits per heavy atom. The van der Waals surface area contributed by atoms with E-state index < -0.39 is 0 Å². The number of aliphatic imine (C=N–C) groups is 2. The SMILES string of the molecule is C1=C(c2cccc3c2oc2ccccc23)N=C(n2c3ccccc3c3c4c5ccccc5n(-c5cccc(-c6ccccc6)c5)c4ccc32)N=C(c2ccccc2)C2CC12. The Morgan fingerprint density at radius 1 is 0.467 bits per heavy atom. The summed E-state index contributed by atoms with van der Waals surface area (Å²) in [7, 11) is 0. The fourth-order valence-electron chi connectivity index (χ4n) is 9.83. The van der Waals surface area contributed by atoms with Crippen molar-refractivity contribution in [2.45, 2.75) is 6.42 Å². The summed E-state index contributed by atoms with van der Waals surface area (Å²) in [6.45, 7) is 0. The maximum atomic E-state index is 6.62. The van der Waals surface area contributed by atoms with Crippen molar-refractivity contribution in [3.63, 3.8) is 0 Å². The van der Waals surface area contributed by atoms with Gasteiger partial charge in [0.2, 0.25) is 5.96 Å². The van der Waals surface area contributed by atoms with Gasteiger partial charge in [0, 0.05) is 49.5 Å². The fourth-order valence-corrected chi connectivity index (χ4v) is 9.83. The number of aromatic nitrogens is 2. The third-order valence-electron chi connectivity index (χ3n) is 12.6. The Bertz CT molecular complexity index is 3640. The number of nitrogens with zero attached hydrogens (tertiary/aromatic N) is 4. The van der Waals surface area contributed by atoms with E-state index in [1.165, 1.54) is 32.8 Å². The summed E-state index contributed by atoms with van der Waals surface area (Å²) in [5.41, 5.74) is 13.8. The molecule has 8 aromatic carbocycles. The Morgan fingerprint density at radius 2 is 1.07 bits per heavy atom. The molecule has 2 atom stereocenters. The predicted octanol–water partition coefficient (Wildman–Crippen LogP) is 13.8. The second-order valence-corrected chi connectivity index (χ2v) is 16.1. The number of rotatable bonds is 4. The van der Waals surface area contributed by atoms with Gasteiger partial charge in [-0.2, -0.15) is 0 Å². The quantitative estimate of drug-likeness (QED) is 0.176. The molecule has 282 valence electrons. The van der Waals surface area contributed by atoms with Crippen LogP contribution in [0.5, 0.6) is 0 Å². The molecule has 0 bridgehead atoms. The number of allylic oxidation sites excluding steroid dienone is 1. The normalized spacial score (nSPS) is 16.6. The summed E-state index contributed by atoms with van der Waals surface area (Å²) >= 11 is 0. The fraction of sp³-hybridized carbons (Fsp3) is 0.0545. The molecule has 0 saturated heterocycles. The molecule has 3 aromatic heterocycles. The Hall–Kier alpha value is -7.76. The minimum Gasteiger partial charge on any atom is -0.455 e. The lowest BCUT2D eigenvalue weighted by Gasteiger charge is -2.15. The molecular weight excluding hydrogens is 733 g/mol. The van der Waals surface area contributed by atoms with Crippen LogP contribution in [-0.4, -0.2) is 20.8 Å². The van der Waals surface area contributed by atoms with Gasteiger partial charge in [-0.1, -0.05) is 146 Å². The van der Waals surface area contributed by atoms with Crippen molar-refractivity contribution >= 4 is 82.9 Å². The molecule has 0 N–H and O–H groups in total. The minimum atomic E-state index is 0.284. The van der Waals surface area contributed by atoms with Crippen LogP contribution in [0.2, 0.25) is 0 Å². The van der Waals surface area contributed by atoms with Gasteiger partial charge >= 0.3 is 0 Å². The molecule has 2 aliphatic rings. The van der Waals surface area contributed by atoms with Crippen molar-refractivity contribution in [3.05, 3.63) is 205 Å². The van der Waals surface area contributed by atoms with Gasteiger partial charge in [-0.3, -0.25) is 4.57 Å². The van der Waals surface area contributed by atoms with Gasteiger partial charge in [-0.05, 0) is 77.6 Å². The first-order chi connectivity index (χ1) is 29.8. The van der Waals surface area contributed by atoms with E-state index in [9.17, 15) is 0 Å². The van der Waals surface area contributed by atoms with Crippen molar-refractivity contribution < 1.29 is 4.42 Å². The Balaban J connectivity index is 1.10. The summed E-state index contributed by atoms with van der Waals surface area (Å²) < 4.78 is 11.3. The van der Waals surface area contributed by atoms with Crippen LogP contribution < -0.4 is 0 Å². The molecule has 0 spiro atoms. The number of furan rings is 1. The summed E-state index contributed by atoms with van der Waals surface area (Å²) in [4.78, 5) is 11.3. The van der Waals surface area contributed by atoms with Crippen LogP contribution in [0, 0.1) is 11.8 Å². The first-order valence-electron chi connectivity index (χ1n) is 20.7. The van der Waals surface area contributed by atoms with Crippen molar-refractivity contribution in [3.8, 4) is 16.8 Å². The van der Waals surface area contributed by atoms with Crippen molar-refractivity contribution in [1.29, 1.82) is 0 Å². The van der Waals surface area contributed by atoms with Gasteiger partial charge in [0.05, 0.1) is 33.5 Å². The summed E-state index contributed by atoms with van der Waals surface area (Å²) in [5, 5.41) is 6.97. The molecule has 1 aliphatic heterocycles. The van der Waals surface area contributed by atoms with E-state index >= 15 is 0 Å². The zero-order valence-corrected chi connectivity index (χ0v) is 32.5. The topological polar surface area (TPSA) is 47.7 Å². The zero-order chi connectivity index (χ0) is 39.3. The number of benzene rings is 8. The zero-order valence-electron chi connectivity index (χ0n) is 32.5. The lowest BCUT2D eigenvalue weighted by molar-refractivity contribution is 0.667. The first-order valence-corrected chi connectivity index (χ1v) is 20.7. The lowest BCUT2D eigenvalue weighted by atomic mass is 10.0. The second kappa shape index (κ2) is 12.9. The molecule has 1 aliphatic carbocycles. The highest BCUT2D eigenvalue weighted by Gasteiger charge is 2.42. The second-order valence-electron chi connectivity index (χ2n) is 16.1. The average Bonchev–Trinajstić information content (AvgIpc) is 3.64. The predicted molar refractivity (Wildman–Crippen MR) is 248 cm³/mol. The highest BCUT2D eigenvalue weighted by molar-refractivity contribution is 6.30. The van der Waals surface area contributed by atoms with Crippen molar-refractivity contribution in [2.75, 3.05) is 0 Å². The van der Waals surface area contributed by atoms with Crippen LogP contribution in [0.15, 0.2) is 209 Å². The van der Waals surface area contributed by atoms with E-state index in [-0.39, 0.29) is 5.92 Å². The molecule has 1 fully saturated rings. The molecule has 11 aromatic rings. The molecular formula is C55H36N4O. The number of para-hydroxylation sites is 4. The molecule has 5 nitrogen and oxygen atoms in total. The molecule has 2 unspecified atom stereocenters. The van der Waals surface area contributed by atoms with Crippen LogP contribution in [0.25, 0.3) is 88.1 Å². The van der Waals surface area contributed by atoms with E-state index in [0.717, 1.165) is 78.5 Å². The van der Waals surface area contributed by atoms with Crippen LogP contribution in [0.1, 0.15) is 17.5 Å². The maximum absolute atomic E-state index is 6.62. The summed E-state index contributed by atoms with van der Waals surface area (Å²) in [6, 6.07) is 67.0. The standard InChI is InChI=1S/C55H36N4O/c1-3-15-34(16-4-1)36-19-13-20-38(31-36)58-46-26-10-7-22-42(46)51-48(58)29-30-49-52(51)43-23-8-11-27-47(43)59(49)55-56-45(33-37-32-44(37)53(57-55)35-17-5-2-6-18-35)41-25-14-24-40-39-21-9-12-28-50(39)60-54(40)41/h1-31,33,37,44H,32H2. The average molecular weight is 769 g/mol.